The van der Waals surface area contributed by atoms with Crippen molar-refractivity contribution in [3.8, 4) is 0 Å². The molecule has 0 aromatic heterocycles. The highest BCUT2D eigenvalue weighted by Gasteiger charge is 2.21. The molecule has 11 heavy (non-hydrogen) atoms. The van der Waals surface area contributed by atoms with E-state index in [0.29, 0.717) is 0 Å². The first-order chi connectivity index (χ1) is 5.00. The van der Waals surface area contributed by atoms with Crippen LogP contribution in [0.5, 0.6) is 0 Å². The lowest BCUT2D eigenvalue weighted by Gasteiger charge is -2.17. The summed E-state index contributed by atoms with van der Waals surface area (Å²) in [4.78, 5) is 10.3. The third-order valence-electron chi connectivity index (χ3n) is 1.28. The van der Waals surface area contributed by atoms with Crippen molar-refractivity contribution >= 4 is 17.2 Å². The molecule has 0 aromatic rings. The summed E-state index contributed by atoms with van der Waals surface area (Å²) in [6.07, 6.45) is 0. The molecule has 0 saturated heterocycles. The fourth-order valence-electron chi connectivity index (χ4n) is 0.402. The summed E-state index contributed by atoms with van der Waals surface area (Å²) in [5, 5.41) is 8.47. The lowest BCUT2D eigenvalue weighted by Crippen LogP contribution is -2.37. The summed E-state index contributed by atoms with van der Waals surface area (Å²) >= 11 is -1.67. The molecule has 2 atom stereocenters. The molecule has 0 radical (unpaired) electrons. The smallest absolute Gasteiger partial charge is 0.321 e. The number of aliphatic carboxylic acids is 1. The number of carboxylic acid groups (broad SMARTS) is 1. The van der Waals surface area contributed by atoms with Crippen molar-refractivity contribution < 1.29 is 18.3 Å². The molecule has 0 spiro atoms. The van der Waals surface area contributed by atoms with Gasteiger partial charge in [0.2, 0.25) is 11.3 Å². The van der Waals surface area contributed by atoms with Crippen LogP contribution in [0.4, 0.5) is 0 Å². The van der Waals surface area contributed by atoms with Crippen LogP contribution in [0.1, 0.15) is 6.92 Å². The molecule has 0 aliphatic rings. The molecular formula is C5H11NO4S. The van der Waals surface area contributed by atoms with Crippen molar-refractivity contribution in [1.82, 2.24) is 4.31 Å². The Balaban J connectivity index is 4.12. The Morgan fingerprint density at radius 3 is 2.45 bits per heavy atom. The Bertz CT molecular complexity index is 172. The monoisotopic (exact) mass is 181 g/mol. The van der Waals surface area contributed by atoms with Crippen LogP contribution in [-0.2, 0) is 20.2 Å². The van der Waals surface area contributed by atoms with Crippen LogP contribution in [-0.4, -0.2) is 39.8 Å². The summed E-state index contributed by atoms with van der Waals surface area (Å²) in [5.41, 5.74) is 0. The number of rotatable bonds is 4. The van der Waals surface area contributed by atoms with Crippen molar-refractivity contribution in [3.05, 3.63) is 0 Å². The SMILES string of the molecule is COS(=O)N(C)C(C)C(=O)O. The number of hydrogen-bond acceptors (Lipinski definition) is 3. The molecule has 0 heterocycles. The maximum absolute atomic E-state index is 10.8. The van der Waals surface area contributed by atoms with E-state index >= 15 is 0 Å². The van der Waals surface area contributed by atoms with Crippen molar-refractivity contribution in [2.45, 2.75) is 13.0 Å². The van der Waals surface area contributed by atoms with Gasteiger partial charge in [-0.05, 0) is 6.92 Å². The lowest BCUT2D eigenvalue weighted by molar-refractivity contribution is -0.140. The Morgan fingerprint density at radius 2 is 2.18 bits per heavy atom. The average molecular weight is 181 g/mol. The summed E-state index contributed by atoms with van der Waals surface area (Å²) in [5.74, 6) is -1.03. The first-order valence-electron chi connectivity index (χ1n) is 2.92. The van der Waals surface area contributed by atoms with Crippen LogP contribution < -0.4 is 0 Å². The maximum atomic E-state index is 10.8. The highest BCUT2D eigenvalue weighted by atomic mass is 32.2. The van der Waals surface area contributed by atoms with Gasteiger partial charge in [0.25, 0.3) is 0 Å². The van der Waals surface area contributed by atoms with E-state index in [0.717, 1.165) is 4.31 Å². The molecule has 6 heteroatoms. The minimum absolute atomic E-state index is 0.809. The van der Waals surface area contributed by atoms with Crippen molar-refractivity contribution in [2.24, 2.45) is 0 Å². The van der Waals surface area contributed by atoms with Gasteiger partial charge in [-0.2, -0.15) is 4.31 Å². The van der Waals surface area contributed by atoms with E-state index in [9.17, 15) is 9.00 Å². The number of likely N-dealkylation sites (N-methyl/N-ethyl adjacent to an activating group) is 1. The van der Waals surface area contributed by atoms with E-state index in [-0.39, 0.29) is 0 Å². The van der Waals surface area contributed by atoms with Crippen molar-refractivity contribution in [3.63, 3.8) is 0 Å². The van der Waals surface area contributed by atoms with Crippen LogP contribution in [0.25, 0.3) is 0 Å². The third-order valence-corrected chi connectivity index (χ3v) is 2.35. The summed E-state index contributed by atoms with van der Waals surface area (Å²) in [6.45, 7) is 1.43. The van der Waals surface area contributed by atoms with Gasteiger partial charge < -0.3 is 5.11 Å². The van der Waals surface area contributed by atoms with Gasteiger partial charge in [0.05, 0.1) is 7.11 Å². The summed E-state index contributed by atoms with van der Waals surface area (Å²) < 4.78 is 16.3. The van der Waals surface area contributed by atoms with E-state index in [1.165, 1.54) is 21.1 Å². The molecule has 0 saturated carbocycles. The molecule has 0 rings (SSSR count). The van der Waals surface area contributed by atoms with Crippen molar-refractivity contribution in [1.29, 1.82) is 0 Å². The number of carboxylic acids is 1. The predicted molar refractivity (Wildman–Crippen MR) is 40.0 cm³/mol. The quantitative estimate of drug-likeness (QED) is 0.641. The number of nitrogens with zero attached hydrogens (tertiary/aromatic N) is 1. The molecule has 0 aromatic carbocycles. The van der Waals surface area contributed by atoms with E-state index in [1.54, 1.807) is 0 Å². The van der Waals surface area contributed by atoms with Gasteiger partial charge in [-0.3, -0.25) is 8.98 Å². The highest BCUT2D eigenvalue weighted by Crippen LogP contribution is 1.99. The zero-order chi connectivity index (χ0) is 9.02. The topological polar surface area (TPSA) is 66.8 Å². The Hall–Kier alpha value is -0.460. The Morgan fingerprint density at radius 1 is 1.73 bits per heavy atom. The maximum Gasteiger partial charge on any atom is 0.321 e. The molecule has 0 fully saturated rings. The molecule has 0 amide bonds. The second-order valence-corrected chi connectivity index (χ2v) is 3.29. The molecular weight excluding hydrogens is 170 g/mol. The van der Waals surface area contributed by atoms with Crippen LogP contribution in [0, 0.1) is 0 Å². The zero-order valence-corrected chi connectivity index (χ0v) is 7.42. The highest BCUT2D eigenvalue weighted by molar-refractivity contribution is 7.77. The zero-order valence-electron chi connectivity index (χ0n) is 6.60. The van der Waals surface area contributed by atoms with Gasteiger partial charge in [-0.15, -0.1) is 0 Å². The number of hydrogen-bond donors (Lipinski definition) is 1. The van der Waals surface area contributed by atoms with Gasteiger partial charge in [0.15, 0.2) is 0 Å². The van der Waals surface area contributed by atoms with E-state index in [2.05, 4.69) is 4.18 Å². The second-order valence-electron chi connectivity index (χ2n) is 1.94. The molecule has 2 unspecified atom stereocenters. The van der Waals surface area contributed by atoms with E-state index in [4.69, 9.17) is 5.11 Å². The van der Waals surface area contributed by atoms with E-state index < -0.39 is 23.3 Å². The Kier molecular flexibility index (Phi) is 4.24. The average Bonchev–Trinajstić information content (AvgIpc) is 2.00. The van der Waals surface area contributed by atoms with Gasteiger partial charge in [0.1, 0.15) is 6.04 Å². The fourth-order valence-corrected chi connectivity index (χ4v) is 0.986. The second kappa shape index (κ2) is 4.42. The molecule has 0 aliphatic heterocycles. The summed E-state index contributed by atoms with van der Waals surface area (Å²) in [6, 6.07) is -0.809. The van der Waals surface area contributed by atoms with Crippen LogP contribution >= 0.6 is 0 Å². The first-order valence-corrected chi connectivity index (χ1v) is 3.96. The first kappa shape index (κ1) is 10.5. The van der Waals surface area contributed by atoms with E-state index in [1.807, 2.05) is 0 Å². The normalized spacial score (nSPS) is 16.4. The number of carbonyl (C=O) groups is 1. The molecule has 66 valence electrons. The third kappa shape index (κ3) is 2.96. The van der Waals surface area contributed by atoms with Crippen molar-refractivity contribution in [2.75, 3.05) is 14.2 Å². The van der Waals surface area contributed by atoms with Crippen LogP contribution in [0.15, 0.2) is 0 Å². The van der Waals surface area contributed by atoms with Gasteiger partial charge in [-0.25, -0.2) is 4.21 Å². The van der Waals surface area contributed by atoms with Crippen LogP contribution in [0.2, 0.25) is 0 Å². The largest absolute Gasteiger partial charge is 0.480 e. The fraction of sp³-hybridized carbons (Fsp3) is 0.800. The minimum atomic E-state index is -1.67. The molecule has 5 nitrogen and oxygen atoms in total. The molecule has 0 aliphatic carbocycles. The minimum Gasteiger partial charge on any atom is -0.480 e. The molecule has 1 N–H and O–H groups in total. The van der Waals surface area contributed by atoms with Crippen LogP contribution in [0.3, 0.4) is 0 Å². The predicted octanol–water partition coefficient (Wildman–Crippen LogP) is -0.384. The van der Waals surface area contributed by atoms with Gasteiger partial charge in [-0.1, -0.05) is 0 Å². The van der Waals surface area contributed by atoms with Gasteiger partial charge >= 0.3 is 5.97 Å². The summed E-state index contributed by atoms with van der Waals surface area (Å²) in [7, 11) is 2.67. The Labute approximate surface area is 67.7 Å². The molecule has 0 bridgehead atoms. The standard InChI is InChI=1S/C5H11NO4S/c1-4(5(7)8)6(2)11(9)10-3/h4H,1-3H3,(H,7,8). The van der Waals surface area contributed by atoms with Gasteiger partial charge in [0, 0.05) is 7.05 Å². The lowest BCUT2D eigenvalue weighted by atomic mass is 10.4.